The second kappa shape index (κ2) is 4.63. The molecule has 0 amide bonds. The molecular weight excluding hydrogens is 238 g/mol. The Morgan fingerprint density at radius 3 is 2.68 bits per heavy atom. The van der Waals surface area contributed by atoms with Crippen molar-refractivity contribution in [1.29, 1.82) is 0 Å². The Morgan fingerprint density at radius 2 is 2.11 bits per heavy atom. The molecule has 2 heterocycles. The van der Waals surface area contributed by atoms with Crippen molar-refractivity contribution in [2.75, 3.05) is 33.9 Å². The zero-order valence-electron chi connectivity index (χ0n) is 11.5. The molecule has 0 bridgehead atoms. The number of hydrogen-bond acceptors (Lipinski definition) is 3. The van der Waals surface area contributed by atoms with Crippen LogP contribution >= 0.6 is 0 Å². The highest BCUT2D eigenvalue weighted by atomic mass is 16.5. The van der Waals surface area contributed by atoms with Gasteiger partial charge in [-0.25, -0.2) is 0 Å². The van der Waals surface area contributed by atoms with E-state index in [2.05, 4.69) is 54.4 Å². The third-order valence-corrected chi connectivity index (χ3v) is 4.20. The minimum atomic E-state index is 0.0362. The maximum atomic E-state index is 6.04. The van der Waals surface area contributed by atoms with Crippen molar-refractivity contribution in [3.8, 4) is 0 Å². The Hall–Kier alpha value is -1.36. The first kappa shape index (κ1) is 12.7. The van der Waals surface area contributed by atoms with Gasteiger partial charge in [-0.2, -0.15) is 0 Å². The molecule has 0 spiro atoms. The van der Waals surface area contributed by atoms with Crippen LogP contribution in [0.5, 0.6) is 0 Å². The van der Waals surface area contributed by atoms with Gasteiger partial charge in [-0.15, -0.1) is 0 Å². The number of fused-ring (bicyclic) bond motifs is 1. The highest BCUT2D eigenvalue weighted by Crippen LogP contribution is 2.44. The third-order valence-electron chi connectivity index (χ3n) is 4.20. The highest BCUT2D eigenvalue weighted by Gasteiger charge is 2.47. The van der Waals surface area contributed by atoms with E-state index >= 15 is 0 Å². The zero-order chi connectivity index (χ0) is 13.5. The van der Waals surface area contributed by atoms with E-state index in [1.165, 1.54) is 16.5 Å². The molecule has 1 unspecified atom stereocenters. The molecule has 0 saturated carbocycles. The Kier molecular flexibility index (Phi) is 3.09. The van der Waals surface area contributed by atoms with E-state index in [1.54, 1.807) is 0 Å². The summed E-state index contributed by atoms with van der Waals surface area (Å²) in [6.45, 7) is 2.13. The van der Waals surface area contributed by atoms with Gasteiger partial charge in [0.25, 0.3) is 0 Å². The van der Waals surface area contributed by atoms with Crippen molar-refractivity contribution in [3.05, 3.63) is 36.0 Å². The van der Waals surface area contributed by atoms with Crippen LogP contribution < -0.4 is 5.73 Å². The normalized spacial score (nSPS) is 19.6. The van der Waals surface area contributed by atoms with Gasteiger partial charge in [-0.3, -0.25) is 0 Å². The average molecular weight is 259 g/mol. The summed E-state index contributed by atoms with van der Waals surface area (Å²) in [5, 5.41) is 1.28. The molecule has 4 nitrogen and oxygen atoms in total. The van der Waals surface area contributed by atoms with Crippen molar-refractivity contribution in [3.63, 3.8) is 0 Å². The summed E-state index contributed by atoms with van der Waals surface area (Å²) in [7, 11) is 4.23. The van der Waals surface area contributed by atoms with Gasteiger partial charge in [-0.1, -0.05) is 18.2 Å². The monoisotopic (exact) mass is 259 g/mol. The predicted molar refractivity (Wildman–Crippen MR) is 77.0 cm³/mol. The minimum Gasteiger partial charge on any atom is -0.380 e. The molecule has 1 saturated heterocycles. The van der Waals surface area contributed by atoms with E-state index in [-0.39, 0.29) is 11.5 Å². The fraction of sp³-hybridized carbons (Fsp3) is 0.467. The predicted octanol–water partition coefficient (Wildman–Crippen LogP) is 1.75. The van der Waals surface area contributed by atoms with Gasteiger partial charge in [0.05, 0.1) is 13.2 Å². The van der Waals surface area contributed by atoms with Crippen LogP contribution in [-0.4, -0.2) is 43.7 Å². The van der Waals surface area contributed by atoms with Crippen molar-refractivity contribution in [2.45, 2.75) is 6.04 Å². The van der Waals surface area contributed by atoms with Gasteiger partial charge in [0.1, 0.15) is 0 Å². The van der Waals surface area contributed by atoms with Crippen molar-refractivity contribution >= 4 is 10.9 Å². The van der Waals surface area contributed by atoms with Gasteiger partial charge < -0.3 is 20.4 Å². The summed E-state index contributed by atoms with van der Waals surface area (Å²) >= 11 is 0. The molecule has 3 rings (SSSR count). The molecule has 1 aliphatic rings. The first-order valence-corrected chi connectivity index (χ1v) is 6.68. The number of aromatic amines is 1. The van der Waals surface area contributed by atoms with Crippen molar-refractivity contribution in [1.82, 2.24) is 9.88 Å². The molecule has 19 heavy (non-hydrogen) atoms. The number of nitrogens with two attached hydrogens (primary N) is 1. The summed E-state index contributed by atoms with van der Waals surface area (Å²) in [5.41, 5.74) is 8.57. The van der Waals surface area contributed by atoms with E-state index < -0.39 is 0 Å². The van der Waals surface area contributed by atoms with Crippen LogP contribution in [0.3, 0.4) is 0 Å². The van der Waals surface area contributed by atoms with E-state index in [0.717, 1.165) is 13.2 Å². The molecule has 0 radical (unpaired) electrons. The topological polar surface area (TPSA) is 54.3 Å². The smallest absolute Gasteiger partial charge is 0.0575 e. The van der Waals surface area contributed by atoms with Crippen molar-refractivity contribution in [2.24, 2.45) is 11.1 Å². The molecule has 1 aliphatic heterocycles. The van der Waals surface area contributed by atoms with Crippen LogP contribution in [0, 0.1) is 5.41 Å². The lowest BCUT2D eigenvalue weighted by Gasteiger charge is -2.49. The molecule has 4 heteroatoms. The Morgan fingerprint density at radius 1 is 1.37 bits per heavy atom. The Bertz CT molecular complexity index is 566. The van der Waals surface area contributed by atoms with E-state index in [9.17, 15) is 0 Å². The second-order valence-electron chi connectivity index (χ2n) is 5.72. The molecule has 0 aliphatic carbocycles. The molecule has 1 aromatic carbocycles. The maximum absolute atomic E-state index is 6.04. The highest BCUT2D eigenvalue weighted by molar-refractivity contribution is 5.83. The van der Waals surface area contributed by atoms with Crippen molar-refractivity contribution < 1.29 is 4.74 Å². The Labute approximate surface area is 113 Å². The van der Waals surface area contributed by atoms with Gasteiger partial charge in [0, 0.05) is 35.1 Å². The lowest BCUT2D eigenvalue weighted by Crippen LogP contribution is -2.55. The summed E-state index contributed by atoms with van der Waals surface area (Å²) < 4.78 is 5.45. The van der Waals surface area contributed by atoms with Gasteiger partial charge in [0.2, 0.25) is 0 Å². The standard InChI is InChI=1S/C15H21N3O/c1-18(2)14(15(8-16)9-19-10-15)12-7-17-13-6-4-3-5-11(12)13/h3-7,14,17H,8-10,16H2,1-2H3. The average Bonchev–Trinajstić information content (AvgIpc) is 2.77. The summed E-state index contributed by atoms with van der Waals surface area (Å²) in [5.74, 6) is 0. The van der Waals surface area contributed by atoms with Crippen LogP contribution in [0.2, 0.25) is 0 Å². The first-order chi connectivity index (χ1) is 9.18. The van der Waals surface area contributed by atoms with Crippen LogP contribution in [0.25, 0.3) is 10.9 Å². The number of H-pyrrole nitrogens is 1. The number of ether oxygens (including phenoxy) is 1. The number of nitrogens with zero attached hydrogens (tertiary/aromatic N) is 1. The van der Waals surface area contributed by atoms with Crippen LogP contribution in [-0.2, 0) is 4.74 Å². The van der Waals surface area contributed by atoms with Crippen LogP contribution in [0.1, 0.15) is 11.6 Å². The number of rotatable bonds is 4. The fourth-order valence-corrected chi connectivity index (χ4v) is 3.23. The number of nitrogens with one attached hydrogen (secondary N) is 1. The number of aromatic nitrogens is 1. The summed E-state index contributed by atoms with van der Waals surface area (Å²) in [6.07, 6.45) is 2.12. The zero-order valence-corrected chi connectivity index (χ0v) is 11.5. The largest absolute Gasteiger partial charge is 0.380 e. The number of benzene rings is 1. The van der Waals surface area contributed by atoms with E-state index in [1.807, 2.05) is 0 Å². The first-order valence-electron chi connectivity index (χ1n) is 6.68. The lowest BCUT2D eigenvalue weighted by molar-refractivity contribution is -0.144. The fourth-order valence-electron chi connectivity index (χ4n) is 3.23. The quantitative estimate of drug-likeness (QED) is 0.879. The van der Waals surface area contributed by atoms with Crippen LogP contribution in [0.15, 0.2) is 30.5 Å². The van der Waals surface area contributed by atoms with Gasteiger partial charge >= 0.3 is 0 Å². The third kappa shape index (κ3) is 1.87. The SMILES string of the molecule is CN(C)C(c1c[nH]c2ccccc12)C1(CN)COC1. The van der Waals surface area contributed by atoms with Gasteiger partial charge in [0.15, 0.2) is 0 Å². The molecular formula is C15H21N3O. The Balaban J connectivity index is 2.10. The molecule has 102 valence electrons. The second-order valence-corrected chi connectivity index (χ2v) is 5.72. The number of para-hydroxylation sites is 1. The summed E-state index contributed by atoms with van der Waals surface area (Å²) in [6, 6.07) is 8.69. The molecule has 1 aromatic heterocycles. The maximum Gasteiger partial charge on any atom is 0.0575 e. The molecule has 1 atom stereocenters. The van der Waals surface area contributed by atoms with E-state index in [4.69, 9.17) is 10.5 Å². The molecule has 1 fully saturated rings. The van der Waals surface area contributed by atoms with E-state index in [0.29, 0.717) is 6.54 Å². The molecule has 3 N–H and O–H groups in total. The van der Waals surface area contributed by atoms with Crippen LogP contribution in [0.4, 0.5) is 0 Å². The lowest BCUT2D eigenvalue weighted by atomic mass is 9.74. The minimum absolute atomic E-state index is 0.0362. The molecule has 2 aromatic rings. The number of hydrogen-bond donors (Lipinski definition) is 2. The summed E-state index contributed by atoms with van der Waals surface area (Å²) in [4.78, 5) is 5.61. The van der Waals surface area contributed by atoms with Gasteiger partial charge in [-0.05, 0) is 25.7 Å².